The Morgan fingerprint density at radius 2 is 2.04 bits per heavy atom. The zero-order valence-electron chi connectivity index (χ0n) is 15.2. The van der Waals surface area contributed by atoms with Crippen LogP contribution in [0.1, 0.15) is 51.0 Å². The van der Waals surface area contributed by atoms with Gasteiger partial charge in [0.1, 0.15) is 11.3 Å². The lowest BCUT2D eigenvalue weighted by Gasteiger charge is -2.35. The van der Waals surface area contributed by atoms with Crippen molar-refractivity contribution in [2.45, 2.75) is 63.5 Å². The van der Waals surface area contributed by atoms with E-state index in [2.05, 4.69) is 5.32 Å². The first-order valence-corrected chi connectivity index (χ1v) is 9.28. The van der Waals surface area contributed by atoms with Gasteiger partial charge >= 0.3 is 0 Å². The Hall–Kier alpha value is -2.04. The van der Waals surface area contributed by atoms with Crippen molar-refractivity contribution >= 4 is 11.8 Å². The van der Waals surface area contributed by atoms with Gasteiger partial charge in [0.2, 0.25) is 11.8 Å². The molecule has 5 heteroatoms. The van der Waals surface area contributed by atoms with E-state index in [0.29, 0.717) is 25.8 Å². The molecule has 0 aromatic heterocycles. The Morgan fingerprint density at radius 3 is 2.76 bits per heavy atom. The second kappa shape index (κ2) is 7.46. The number of likely N-dealkylation sites (tertiary alicyclic amines) is 1. The van der Waals surface area contributed by atoms with Gasteiger partial charge in [-0.3, -0.25) is 9.59 Å². The maximum Gasteiger partial charge on any atom is 0.245 e. The van der Waals surface area contributed by atoms with Crippen LogP contribution in [0, 0.1) is 0 Å². The molecule has 1 N–H and O–H groups in total. The van der Waals surface area contributed by atoms with Gasteiger partial charge in [-0.15, -0.1) is 0 Å². The molecule has 0 radical (unpaired) electrons. The van der Waals surface area contributed by atoms with E-state index in [4.69, 9.17) is 4.74 Å². The van der Waals surface area contributed by atoms with Crippen LogP contribution in [-0.4, -0.2) is 41.9 Å². The minimum absolute atomic E-state index is 0.00489. The third-order valence-corrected chi connectivity index (χ3v) is 5.70. The van der Waals surface area contributed by atoms with Crippen LogP contribution in [0.2, 0.25) is 0 Å². The third kappa shape index (κ3) is 3.65. The van der Waals surface area contributed by atoms with Gasteiger partial charge in [0.15, 0.2) is 0 Å². The van der Waals surface area contributed by atoms with Crippen molar-refractivity contribution in [2.75, 3.05) is 13.7 Å². The van der Waals surface area contributed by atoms with Crippen molar-refractivity contribution in [3.05, 3.63) is 29.8 Å². The molecule has 1 atom stereocenters. The molecule has 1 heterocycles. The molecule has 1 aliphatic carbocycles. The number of nitrogens with zero attached hydrogens (tertiary/aromatic N) is 1. The van der Waals surface area contributed by atoms with Crippen molar-refractivity contribution in [3.8, 4) is 5.75 Å². The fourth-order valence-corrected chi connectivity index (χ4v) is 4.06. The van der Waals surface area contributed by atoms with E-state index >= 15 is 0 Å². The summed E-state index contributed by atoms with van der Waals surface area (Å²) < 4.78 is 5.39. The number of methoxy groups -OCH3 is 1. The largest absolute Gasteiger partial charge is 0.496 e. The minimum atomic E-state index is -0.734. The highest BCUT2D eigenvalue weighted by atomic mass is 16.5. The van der Waals surface area contributed by atoms with Gasteiger partial charge in [0, 0.05) is 19.0 Å². The molecule has 1 unspecified atom stereocenters. The summed E-state index contributed by atoms with van der Waals surface area (Å²) in [5.74, 6) is 0.899. The number of hydrogen-bond acceptors (Lipinski definition) is 3. The molecular weight excluding hydrogens is 316 g/mol. The number of hydrogen-bond donors (Lipinski definition) is 1. The van der Waals surface area contributed by atoms with Crippen molar-refractivity contribution < 1.29 is 14.3 Å². The Balaban J connectivity index is 1.69. The number of amides is 2. The maximum absolute atomic E-state index is 12.9. The normalized spacial score (nSPS) is 23.9. The fourth-order valence-electron chi connectivity index (χ4n) is 4.06. The fraction of sp³-hybridized carbons (Fsp3) is 0.600. The van der Waals surface area contributed by atoms with Gasteiger partial charge in [-0.1, -0.05) is 31.0 Å². The van der Waals surface area contributed by atoms with E-state index in [1.165, 1.54) is 12.8 Å². The molecule has 2 fully saturated rings. The zero-order valence-corrected chi connectivity index (χ0v) is 15.2. The smallest absolute Gasteiger partial charge is 0.245 e. The second-order valence-corrected chi connectivity index (χ2v) is 7.34. The summed E-state index contributed by atoms with van der Waals surface area (Å²) in [6.07, 6.45) is 6.18. The number of rotatable bonds is 6. The van der Waals surface area contributed by atoms with Crippen LogP contribution in [0.5, 0.6) is 5.75 Å². The number of nitrogens with one attached hydrogen (secondary N) is 1. The first-order valence-electron chi connectivity index (χ1n) is 9.28. The van der Waals surface area contributed by atoms with Crippen LogP contribution in [0.3, 0.4) is 0 Å². The Morgan fingerprint density at radius 1 is 1.32 bits per heavy atom. The standard InChI is InChI=1S/C20H28N2O3/c1-20(19(24)21-16-8-4-5-9-16)13-11-18(23)22(20)14-12-15-7-3-6-10-17(15)25-2/h3,6-7,10,16H,4-5,8-9,11-14H2,1-2H3,(H,21,24). The molecule has 5 nitrogen and oxygen atoms in total. The van der Waals surface area contributed by atoms with Crippen LogP contribution >= 0.6 is 0 Å². The molecule has 136 valence electrons. The SMILES string of the molecule is COc1ccccc1CCN1C(=O)CCC1(C)C(=O)NC1CCCC1. The van der Waals surface area contributed by atoms with Gasteiger partial charge in [-0.05, 0) is 44.2 Å². The van der Waals surface area contributed by atoms with Crippen LogP contribution < -0.4 is 10.1 Å². The van der Waals surface area contributed by atoms with Crippen LogP contribution in [0.25, 0.3) is 0 Å². The van der Waals surface area contributed by atoms with Crippen LogP contribution in [-0.2, 0) is 16.0 Å². The molecular formula is C20H28N2O3. The van der Waals surface area contributed by atoms with E-state index in [0.717, 1.165) is 24.2 Å². The molecule has 1 saturated carbocycles. The van der Waals surface area contributed by atoms with Gasteiger partial charge in [-0.25, -0.2) is 0 Å². The summed E-state index contributed by atoms with van der Waals surface area (Å²) in [4.78, 5) is 27.1. The average molecular weight is 344 g/mol. The Bertz CT molecular complexity index is 640. The van der Waals surface area contributed by atoms with E-state index in [1.807, 2.05) is 31.2 Å². The molecule has 0 bridgehead atoms. The molecule has 2 amide bonds. The molecule has 1 aromatic rings. The predicted molar refractivity (Wildman–Crippen MR) is 96.4 cm³/mol. The van der Waals surface area contributed by atoms with E-state index in [1.54, 1.807) is 12.0 Å². The summed E-state index contributed by atoms with van der Waals surface area (Å²) in [5.41, 5.74) is 0.324. The number of carbonyl (C=O) groups excluding carboxylic acids is 2. The molecule has 3 rings (SSSR count). The van der Waals surface area contributed by atoms with Gasteiger partial charge < -0.3 is 15.0 Å². The van der Waals surface area contributed by atoms with Gasteiger partial charge in [-0.2, -0.15) is 0 Å². The topological polar surface area (TPSA) is 58.6 Å². The molecule has 2 aliphatic rings. The molecule has 1 aliphatic heterocycles. The lowest BCUT2D eigenvalue weighted by atomic mass is 9.96. The van der Waals surface area contributed by atoms with Crippen LogP contribution in [0.15, 0.2) is 24.3 Å². The number of ether oxygens (including phenoxy) is 1. The quantitative estimate of drug-likeness (QED) is 0.863. The zero-order chi connectivity index (χ0) is 17.9. The monoisotopic (exact) mass is 344 g/mol. The summed E-state index contributed by atoms with van der Waals surface area (Å²) in [6, 6.07) is 8.11. The van der Waals surface area contributed by atoms with Crippen molar-refractivity contribution in [1.82, 2.24) is 10.2 Å². The van der Waals surface area contributed by atoms with E-state index in [9.17, 15) is 9.59 Å². The average Bonchev–Trinajstić information content (AvgIpc) is 3.22. The summed E-state index contributed by atoms with van der Waals surface area (Å²) in [5, 5.41) is 3.18. The van der Waals surface area contributed by atoms with Crippen molar-refractivity contribution in [3.63, 3.8) is 0 Å². The maximum atomic E-state index is 12.9. The van der Waals surface area contributed by atoms with Gasteiger partial charge in [0.25, 0.3) is 0 Å². The lowest BCUT2D eigenvalue weighted by Crippen LogP contribution is -2.56. The Kier molecular flexibility index (Phi) is 5.30. The second-order valence-electron chi connectivity index (χ2n) is 7.34. The molecule has 1 aromatic carbocycles. The molecule has 25 heavy (non-hydrogen) atoms. The predicted octanol–water partition coefficient (Wildman–Crippen LogP) is 2.68. The molecule has 0 spiro atoms. The number of para-hydroxylation sites is 1. The highest BCUT2D eigenvalue weighted by molar-refractivity contribution is 5.94. The van der Waals surface area contributed by atoms with Crippen molar-refractivity contribution in [2.24, 2.45) is 0 Å². The van der Waals surface area contributed by atoms with E-state index in [-0.39, 0.29) is 17.9 Å². The Labute approximate surface area is 149 Å². The first-order chi connectivity index (χ1) is 12.0. The minimum Gasteiger partial charge on any atom is -0.496 e. The molecule has 1 saturated heterocycles. The number of benzene rings is 1. The number of carbonyl (C=O) groups is 2. The first kappa shape index (κ1) is 17.8. The summed E-state index contributed by atoms with van der Waals surface area (Å²) >= 11 is 0. The lowest BCUT2D eigenvalue weighted by molar-refractivity contribution is -0.140. The summed E-state index contributed by atoms with van der Waals surface area (Å²) in [6.45, 7) is 2.44. The van der Waals surface area contributed by atoms with Gasteiger partial charge in [0.05, 0.1) is 7.11 Å². The highest BCUT2D eigenvalue weighted by Crippen LogP contribution is 2.32. The third-order valence-electron chi connectivity index (χ3n) is 5.70. The van der Waals surface area contributed by atoms with Crippen molar-refractivity contribution in [1.29, 1.82) is 0 Å². The summed E-state index contributed by atoms with van der Waals surface area (Å²) in [7, 11) is 1.65. The van der Waals surface area contributed by atoms with E-state index < -0.39 is 5.54 Å². The highest BCUT2D eigenvalue weighted by Gasteiger charge is 2.47. The van der Waals surface area contributed by atoms with Crippen LogP contribution in [0.4, 0.5) is 0 Å².